The number of esters is 2. The maximum atomic E-state index is 12.0. The third-order valence-electron chi connectivity index (χ3n) is 2.89. The third kappa shape index (κ3) is 4.02. The number of benzene rings is 1. The van der Waals surface area contributed by atoms with Gasteiger partial charge >= 0.3 is 18.1 Å². The lowest BCUT2D eigenvalue weighted by Gasteiger charge is -2.24. The van der Waals surface area contributed by atoms with Crippen LogP contribution in [0.3, 0.4) is 0 Å². The van der Waals surface area contributed by atoms with E-state index in [9.17, 15) is 22.8 Å². The number of rotatable bonds is 2. The number of alkyl halides is 3. The molecule has 1 saturated heterocycles. The van der Waals surface area contributed by atoms with Gasteiger partial charge in [0.05, 0.1) is 24.8 Å². The van der Waals surface area contributed by atoms with Crippen LogP contribution in [0.5, 0.6) is 0 Å². The first-order chi connectivity index (χ1) is 9.88. The summed E-state index contributed by atoms with van der Waals surface area (Å²) in [5.41, 5.74) is 0.696. The number of ether oxygens (including phenoxy) is 2. The molecule has 5 nitrogen and oxygen atoms in total. The van der Waals surface area contributed by atoms with Crippen LogP contribution in [0.1, 0.15) is 22.0 Å². The lowest BCUT2D eigenvalue weighted by molar-refractivity contribution is -0.193. The zero-order valence-electron chi connectivity index (χ0n) is 10.8. The molecule has 8 heteroatoms. The van der Waals surface area contributed by atoms with Gasteiger partial charge < -0.3 is 14.8 Å². The van der Waals surface area contributed by atoms with Crippen molar-refractivity contribution in [1.82, 2.24) is 5.32 Å². The first-order valence-electron chi connectivity index (χ1n) is 6.12. The highest BCUT2D eigenvalue weighted by molar-refractivity contribution is 5.98. The predicted molar refractivity (Wildman–Crippen MR) is 64.5 cm³/mol. The molecule has 0 aliphatic carbocycles. The second-order valence-corrected chi connectivity index (χ2v) is 4.38. The Morgan fingerprint density at radius 2 is 1.90 bits per heavy atom. The molecule has 0 saturated carbocycles. The first-order valence-corrected chi connectivity index (χ1v) is 6.12. The summed E-state index contributed by atoms with van der Waals surface area (Å²) in [5.74, 6) is -3.87. The Morgan fingerprint density at radius 3 is 2.43 bits per heavy atom. The molecule has 0 bridgehead atoms. The second-order valence-electron chi connectivity index (χ2n) is 4.38. The molecule has 1 N–H and O–H groups in total. The molecule has 21 heavy (non-hydrogen) atoms. The van der Waals surface area contributed by atoms with E-state index in [4.69, 9.17) is 4.74 Å². The Bertz CT molecular complexity index is 521. The van der Waals surface area contributed by atoms with Crippen molar-refractivity contribution in [3.05, 3.63) is 35.4 Å². The summed E-state index contributed by atoms with van der Waals surface area (Å²) in [6, 6.07) is 5.71. The largest absolute Gasteiger partial charge is 0.491 e. The Balaban J connectivity index is 2.01. The molecule has 1 aliphatic heterocycles. The fourth-order valence-corrected chi connectivity index (χ4v) is 1.83. The van der Waals surface area contributed by atoms with Crippen molar-refractivity contribution < 1.29 is 32.2 Å². The number of carbonyl (C=O) groups is 2. The van der Waals surface area contributed by atoms with E-state index < -0.39 is 18.1 Å². The van der Waals surface area contributed by atoms with E-state index in [1.165, 1.54) is 12.1 Å². The second kappa shape index (κ2) is 6.23. The lowest BCUT2D eigenvalue weighted by atomic mass is 10.0. The van der Waals surface area contributed by atoms with E-state index in [2.05, 4.69) is 10.1 Å². The van der Waals surface area contributed by atoms with E-state index >= 15 is 0 Å². The van der Waals surface area contributed by atoms with Gasteiger partial charge in [-0.25, -0.2) is 9.59 Å². The Morgan fingerprint density at radius 1 is 1.24 bits per heavy atom. The van der Waals surface area contributed by atoms with E-state index in [1.807, 2.05) is 0 Å². The average Bonchev–Trinajstić information content (AvgIpc) is 2.47. The molecule has 1 aromatic carbocycles. The summed E-state index contributed by atoms with van der Waals surface area (Å²) in [4.78, 5) is 22.0. The molecule has 1 aromatic rings. The summed E-state index contributed by atoms with van der Waals surface area (Å²) >= 11 is 0. The normalized spacial score (nSPS) is 19.1. The van der Waals surface area contributed by atoms with Crippen molar-refractivity contribution in [3.8, 4) is 0 Å². The minimum absolute atomic E-state index is 0.0411. The van der Waals surface area contributed by atoms with Crippen LogP contribution in [0.4, 0.5) is 13.2 Å². The molecule has 1 fully saturated rings. The Kier molecular flexibility index (Phi) is 4.59. The van der Waals surface area contributed by atoms with Crippen LogP contribution in [0, 0.1) is 0 Å². The minimum atomic E-state index is -5.20. The smallest absolute Gasteiger partial charge is 0.383 e. The first kappa shape index (κ1) is 15.5. The highest BCUT2D eigenvalue weighted by Gasteiger charge is 2.42. The molecule has 0 aromatic heterocycles. The molecule has 1 atom stereocenters. The summed E-state index contributed by atoms with van der Waals surface area (Å²) in [5, 5.41) is 3.19. The topological polar surface area (TPSA) is 64.6 Å². The zero-order chi connectivity index (χ0) is 15.5. The van der Waals surface area contributed by atoms with Crippen LogP contribution in [-0.2, 0) is 14.3 Å². The summed E-state index contributed by atoms with van der Waals surface area (Å²) in [6.07, 6.45) is -5.20. The predicted octanol–water partition coefficient (Wildman–Crippen LogP) is 1.59. The van der Waals surface area contributed by atoms with Crippen molar-refractivity contribution in [3.63, 3.8) is 0 Å². The number of hydrogen-bond acceptors (Lipinski definition) is 5. The monoisotopic (exact) mass is 303 g/mol. The number of nitrogens with one attached hydrogen (secondary N) is 1. The fraction of sp³-hybridized carbons (Fsp3) is 0.385. The zero-order valence-corrected chi connectivity index (χ0v) is 10.8. The van der Waals surface area contributed by atoms with Gasteiger partial charge in [0.1, 0.15) is 0 Å². The number of morpholine rings is 1. The molecular weight excluding hydrogens is 291 g/mol. The standard InChI is InChI=1S/C13H12F3NO4/c14-13(15,16)12(19)21-11(18)9-3-1-8(2-4-9)10-7-20-6-5-17-10/h1-4,10,17H,5-7H2. The molecule has 1 unspecified atom stereocenters. The molecule has 0 spiro atoms. The fourth-order valence-electron chi connectivity index (χ4n) is 1.83. The van der Waals surface area contributed by atoms with Gasteiger partial charge in [-0.3, -0.25) is 0 Å². The Labute approximate surface area is 118 Å². The van der Waals surface area contributed by atoms with Gasteiger partial charge in [0.2, 0.25) is 0 Å². The van der Waals surface area contributed by atoms with Gasteiger partial charge in [-0.2, -0.15) is 13.2 Å². The molecular formula is C13H12F3NO4. The van der Waals surface area contributed by atoms with Crippen LogP contribution in [0.15, 0.2) is 24.3 Å². The lowest BCUT2D eigenvalue weighted by Crippen LogP contribution is -2.34. The van der Waals surface area contributed by atoms with Crippen molar-refractivity contribution in [1.29, 1.82) is 0 Å². The van der Waals surface area contributed by atoms with Crippen molar-refractivity contribution in [2.75, 3.05) is 19.8 Å². The van der Waals surface area contributed by atoms with Crippen LogP contribution in [-0.4, -0.2) is 37.9 Å². The summed E-state index contributed by atoms with van der Waals surface area (Å²) in [7, 11) is 0. The SMILES string of the molecule is O=C(OC(=O)C(F)(F)F)c1ccc(C2COCCN2)cc1. The molecule has 2 rings (SSSR count). The maximum absolute atomic E-state index is 12.0. The number of hydrogen-bond donors (Lipinski definition) is 1. The molecule has 1 aliphatic rings. The van der Waals surface area contributed by atoms with Crippen LogP contribution >= 0.6 is 0 Å². The van der Waals surface area contributed by atoms with Gasteiger partial charge in [0, 0.05) is 6.54 Å². The number of carbonyl (C=O) groups excluding carboxylic acids is 2. The molecule has 0 radical (unpaired) electrons. The van der Waals surface area contributed by atoms with E-state index in [1.54, 1.807) is 12.1 Å². The molecule has 1 heterocycles. The summed E-state index contributed by atoms with van der Waals surface area (Å²) < 4.78 is 45.0. The van der Waals surface area contributed by atoms with Crippen LogP contribution < -0.4 is 5.32 Å². The van der Waals surface area contributed by atoms with Gasteiger partial charge in [-0.15, -0.1) is 0 Å². The minimum Gasteiger partial charge on any atom is -0.383 e. The van der Waals surface area contributed by atoms with Gasteiger partial charge in [0.15, 0.2) is 0 Å². The van der Waals surface area contributed by atoms with Gasteiger partial charge in [-0.1, -0.05) is 12.1 Å². The van der Waals surface area contributed by atoms with E-state index in [0.717, 1.165) is 5.56 Å². The van der Waals surface area contributed by atoms with E-state index in [0.29, 0.717) is 19.8 Å². The highest BCUT2D eigenvalue weighted by atomic mass is 19.4. The van der Waals surface area contributed by atoms with Crippen molar-refractivity contribution >= 4 is 11.9 Å². The van der Waals surface area contributed by atoms with Crippen molar-refractivity contribution in [2.45, 2.75) is 12.2 Å². The number of halogens is 3. The quantitative estimate of drug-likeness (QED) is 0.664. The third-order valence-corrected chi connectivity index (χ3v) is 2.89. The summed E-state index contributed by atoms with van der Waals surface area (Å²) in [6.45, 7) is 1.77. The van der Waals surface area contributed by atoms with E-state index in [-0.39, 0.29) is 11.6 Å². The van der Waals surface area contributed by atoms with Gasteiger partial charge in [0.25, 0.3) is 0 Å². The maximum Gasteiger partial charge on any atom is 0.491 e. The van der Waals surface area contributed by atoms with Crippen LogP contribution in [0.25, 0.3) is 0 Å². The average molecular weight is 303 g/mol. The van der Waals surface area contributed by atoms with Crippen molar-refractivity contribution in [2.24, 2.45) is 0 Å². The Hall–Kier alpha value is -1.93. The molecule has 114 valence electrons. The van der Waals surface area contributed by atoms with Crippen LogP contribution in [0.2, 0.25) is 0 Å². The van der Waals surface area contributed by atoms with Gasteiger partial charge in [-0.05, 0) is 17.7 Å². The highest BCUT2D eigenvalue weighted by Crippen LogP contribution is 2.19. The molecule has 0 amide bonds.